The predicted octanol–water partition coefficient (Wildman–Crippen LogP) is 4.45. The number of rotatable bonds is 13. The number of aliphatic hydroxyl groups excluding tert-OH is 1. The molecule has 0 radical (unpaired) electrons. The van der Waals surface area contributed by atoms with Gasteiger partial charge in [0, 0.05) is 23.7 Å². The zero-order chi connectivity index (χ0) is 34.9. The van der Waals surface area contributed by atoms with Crippen molar-refractivity contribution >= 4 is 23.9 Å². The van der Waals surface area contributed by atoms with E-state index in [4.69, 9.17) is 25.9 Å². The Balaban J connectivity index is 0.000000710. The Morgan fingerprint density at radius 2 is 1.16 bits per heavy atom. The van der Waals surface area contributed by atoms with Crippen molar-refractivity contribution in [3.8, 4) is 0 Å². The lowest BCUT2D eigenvalue weighted by molar-refractivity contribution is -0.159. The molecule has 2 N–H and O–H groups in total. The normalized spacial score (nSPS) is 14.2. The monoisotopic (exact) mass is 526 g/mol. The quantitative estimate of drug-likeness (QED) is 0.286. The van der Waals surface area contributed by atoms with Crippen LogP contribution in [-0.2, 0) is 46.6 Å². The molecule has 0 saturated carbocycles. The van der Waals surface area contributed by atoms with Crippen molar-refractivity contribution in [2.24, 2.45) is 0 Å². The number of carbonyl (C=O) groups excluding carboxylic acids is 3. The van der Waals surface area contributed by atoms with Crippen LogP contribution >= 0.6 is 0 Å². The molecule has 0 aliphatic rings. The van der Waals surface area contributed by atoms with E-state index in [1.54, 1.807) is 24.3 Å². The second kappa shape index (κ2) is 22.7. The molecule has 0 unspecified atom stereocenters. The average Bonchev–Trinajstić information content (AvgIpc) is 2.92. The molecule has 0 bridgehead atoms. The third-order valence-corrected chi connectivity index (χ3v) is 3.76. The second-order valence-electron chi connectivity index (χ2n) is 6.75. The number of carboxylic acid groups (broad SMARTS) is 1. The fourth-order valence-corrected chi connectivity index (χ4v) is 2.06. The third-order valence-electron chi connectivity index (χ3n) is 3.76. The van der Waals surface area contributed by atoms with Gasteiger partial charge in [-0.2, -0.15) is 0 Å². The lowest BCUT2D eigenvalue weighted by Gasteiger charge is -2.06. The largest absolute Gasteiger partial charge is 0.481 e. The molecule has 204 valence electrons. The summed E-state index contributed by atoms with van der Waals surface area (Å²) < 4.78 is 71.2. The molecule has 0 saturated heterocycles. The highest BCUT2D eigenvalue weighted by atomic mass is 16.6. The minimum atomic E-state index is -2.50. The topological polar surface area (TPSA) is 136 Å². The van der Waals surface area contributed by atoms with Gasteiger partial charge in [-0.3, -0.25) is 9.59 Å². The Bertz CT molecular complexity index is 1200. The number of benzene rings is 2. The fraction of sp³-hybridized carbons (Fsp3) is 0.429. The van der Waals surface area contributed by atoms with E-state index in [2.05, 4.69) is 9.47 Å². The highest BCUT2D eigenvalue weighted by molar-refractivity contribution is 5.76. The maximum atomic E-state index is 11.5. The van der Waals surface area contributed by atoms with Gasteiger partial charge in [-0.25, -0.2) is 9.59 Å². The van der Waals surface area contributed by atoms with Crippen LogP contribution in [0.5, 0.6) is 0 Å². The predicted molar refractivity (Wildman–Crippen MR) is 137 cm³/mol. The lowest BCUT2D eigenvalue weighted by Crippen LogP contribution is -2.16. The molecule has 2 aromatic rings. The molecular formula is C28H38O9. The van der Waals surface area contributed by atoms with Crippen LogP contribution < -0.4 is 0 Å². The Morgan fingerprint density at radius 1 is 0.703 bits per heavy atom. The zero-order valence-corrected chi connectivity index (χ0v) is 20.8. The van der Waals surface area contributed by atoms with E-state index >= 15 is 0 Å². The van der Waals surface area contributed by atoms with E-state index in [9.17, 15) is 19.2 Å². The van der Waals surface area contributed by atoms with Crippen LogP contribution in [0.3, 0.4) is 0 Å². The van der Waals surface area contributed by atoms with Crippen molar-refractivity contribution in [3.63, 3.8) is 0 Å². The molecule has 2 rings (SSSR count). The van der Waals surface area contributed by atoms with Gasteiger partial charge in [0.05, 0.1) is 0 Å². The summed E-state index contributed by atoms with van der Waals surface area (Å²) in [5.41, 5.74) is 1.69. The Labute approximate surface area is 229 Å². The molecule has 0 aromatic heterocycles. The van der Waals surface area contributed by atoms with E-state index in [1.165, 1.54) is 0 Å². The van der Waals surface area contributed by atoms with Gasteiger partial charge in [0.25, 0.3) is 0 Å². The summed E-state index contributed by atoms with van der Waals surface area (Å²) in [5.74, 6) is -4.30. The molecule has 9 heteroatoms. The minimum Gasteiger partial charge on any atom is -0.481 e. The van der Waals surface area contributed by atoms with E-state index < -0.39 is 75.4 Å². The Morgan fingerprint density at radius 3 is 1.57 bits per heavy atom. The number of carbonyl (C=O) groups is 4. The first-order valence-corrected chi connectivity index (χ1v) is 11.0. The molecule has 2 aromatic carbocycles. The van der Waals surface area contributed by atoms with E-state index in [0.29, 0.717) is 0 Å². The lowest BCUT2D eigenvalue weighted by atomic mass is 10.2. The first-order chi connectivity index (χ1) is 20.6. The van der Waals surface area contributed by atoms with Crippen molar-refractivity contribution in [2.45, 2.75) is 65.4 Å². The number of esters is 3. The number of hydrogen-bond donors (Lipinski definition) is 2. The van der Waals surface area contributed by atoms with Crippen LogP contribution in [-0.4, -0.2) is 47.3 Å². The van der Waals surface area contributed by atoms with Crippen molar-refractivity contribution in [1.82, 2.24) is 0 Å². The zero-order valence-electron chi connectivity index (χ0n) is 28.8. The van der Waals surface area contributed by atoms with Gasteiger partial charge in [0.1, 0.15) is 19.8 Å². The van der Waals surface area contributed by atoms with Crippen molar-refractivity contribution in [3.05, 3.63) is 71.8 Å². The molecule has 0 fully saturated rings. The first kappa shape index (κ1) is 21.4. The highest BCUT2D eigenvalue weighted by Gasteiger charge is 2.08. The smallest absolute Gasteiger partial charge is 0.344 e. The summed E-state index contributed by atoms with van der Waals surface area (Å²) in [6.45, 7) is 1.28. The number of aliphatic carboxylic acids is 1. The summed E-state index contributed by atoms with van der Waals surface area (Å²) in [6, 6.07) is 18.2. The molecular weight excluding hydrogens is 480 g/mol. The number of ether oxygens (including phenoxy) is 3. The Hall–Kier alpha value is -3.72. The maximum Gasteiger partial charge on any atom is 0.344 e. The molecule has 9 nitrogen and oxygen atoms in total. The SMILES string of the molecule is O=C(CO)OCc1ccccc1.[2H]C([2H])(C)CC([2H])([2H])C(=O)O.[2H]C([2H])(C)CC([2H])([2H])C(=O)OCC(=O)OCc1ccccc1. The summed E-state index contributed by atoms with van der Waals surface area (Å²) in [5, 5.41) is 16.6. The van der Waals surface area contributed by atoms with Gasteiger partial charge in [-0.15, -0.1) is 0 Å². The summed E-state index contributed by atoms with van der Waals surface area (Å²) in [7, 11) is 0. The van der Waals surface area contributed by atoms with E-state index in [0.717, 1.165) is 25.0 Å². The number of aliphatic hydroxyl groups is 1. The molecule has 0 heterocycles. The maximum absolute atomic E-state index is 11.5. The molecule has 37 heavy (non-hydrogen) atoms. The first-order valence-electron chi connectivity index (χ1n) is 15.0. The molecule has 0 amide bonds. The van der Waals surface area contributed by atoms with Crippen molar-refractivity contribution in [1.29, 1.82) is 0 Å². The van der Waals surface area contributed by atoms with Crippen LogP contribution in [0.1, 0.15) is 74.3 Å². The van der Waals surface area contributed by atoms with Gasteiger partial charge in [0.2, 0.25) is 0 Å². The highest BCUT2D eigenvalue weighted by Crippen LogP contribution is 2.02. The summed E-state index contributed by atoms with van der Waals surface area (Å²) in [4.78, 5) is 43.7. The molecule has 0 aliphatic carbocycles. The Kier molecular flexibility index (Phi) is 13.1. The van der Waals surface area contributed by atoms with Crippen LogP contribution in [0.15, 0.2) is 60.7 Å². The molecule has 0 spiro atoms. The second-order valence-corrected chi connectivity index (χ2v) is 6.75. The fourth-order valence-electron chi connectivity index (χ4n) is 2.06. The summed E-state index contributed by atoms with van der Waals surface area (Å²) >= 11 is 0. The van der Waals surface area contributed by atoms with Gasteiger partial charge < -0.3 is 24.4 Å². The van der Waals surface area contributed by atoms with E-state index in [1.807, 2.05) is 36.4 Å². The van der Waals surface area contributed by atoms with Gasteiger partial charge >= 0.3 is 23.9 Å². The summed E-state index contributed by atoms with van der Waals surface area (Å²) in [6.07, 6.45) is -9.92. The van der Waals surface area contributed by atoms with Gasteiger partial charge in [-0.1, -0.05) is 87.3 Å². The van der Waals surface area contributed by atoms with Crippen LogP contribution in [0.2, 0.25) is 0 Å². The number of carboxylic acids is 1. The third kappa shape index (κ3) is 21.3. The van der Waals surface area contributed by atoms with Gasteiger partial charge in [-0.05, 0) is 24.0 Å². The van der Waals surface area contributed by atoms with Crippen LogP contribution in [0, 0.1) is 0 Å². The van der Waals surface area contributed by atoms with Crippen molar-refractivity contribution in [2.75, 3.05) is 13.2 Å². The minimum absolute atomic E-state index is 0.0294. The van der Waals surface area contributed by atoms with E-state index in [-0.39, 0.29) is 13.2 Å². The standard InChI is InChI=1S/C14H18O4.C9H10O3.C5H10O2/c1-2-3-9-13(15)18-11-14(16)17-10-12-7-5-4-6-8-12;10-6-9(11)12-7-8-4-2-1-3-5-8;1-2-3-4-5(6)7/h4-8H,2-3,9-11H2,1H3;1-5,10H,6-7H2;2-4H2,1H3,(H,6,7)/i2D2,9D2;;2D2,4D2. The molecule has 0 aliphatic heterocycles. The average molecular weight is 527 g/mol. The van der Waals surface area contributed by atoms with Crippen LogP contribution in [0.25, 0.3) is 0 Å². The number of hydrogen-bond acceptors (Lipinski definition) is 8. The van der Waals surface area contributed by atoms with Gasteiger partial charge in [0.15, 0.2) is 6.61 Å². The van der Waals surface area contributed by atoms with Crippen molar-refractivity contribution < 1.29 is 54.6 Å². The molecule has 0 atom stereocenters. The van der Waals surface area contributed by atoms with Crippen LogP contribution in [0.4, 0.5) is 0 Å².